The molecule has 0 radical (unpaired) electrons. The van der Waals surface area contributed by atoms with Crippen molar-refractivity contribution in [2.24, 2.45) is 11.0 Å². The monoisotopic (exact) mass is 390 g/mol. The number of fused-ring (bicyclic) bond motifs is 1. The summed E-state index contributed by atoms with van der Waals surface area (Å²) in [6.07, 6.45) is 1.83. The first-order valence-corrected chi connectivity index (χ1v) is 9.83. The molecule has 6 heteroatoms. The van der Waals surface area contributed by atoms with Crippen LogP contribution in [0.1, 0.15) is 49.7 Å². The number of hydrogen-bond donors (Lipinski definition) is 1. The first-order chi connectivity index (χ1) is 14.0. The fraction of sp³-hybridized carbons (Fsp3) is 0.304. The molecule has 0 aliphatic heterocycles. The second kappa shape index (κ2) is 9.28. The topological polar surface area (TPSA) is 76.3 Å². The number of hydrogen-bond acceptors (Lipinski definition) is 4. The van der Waals surface area contributed by atoms with Crippen LogP contribution in [0.15, 0.2) is 64.5 Å². The number of nitrogens with one attached hydrogen (secondary N) is 1. The predicted octanol–water partition coefficient (Wildman–Crippen LogP) is 3.99. The normalized spacial score (nSPS) is 11.8. The van der Waals surface area contributed by atoms with E-state index in [1.807, 2.05) is 37.3 Å². The van der Waals surface area contributed by atoms with E-state index in [0.717, 1.165) is 24.1 Å². The van der Waals surface area contributed by atoms with Gasteiger partial charge in [-0.1, -0.05) is 62.4 Å². The van der Waals surface area contributed by atoms with Gasteiger partial charge in [-0.25, -0.2) is 10.1 Å². The van der Waals surface area contributed by atoms with Gasteiger partial charge in [0.1, 0.15) is 0 Å². The summed E-state index contributed by atoms with van der Waals surface area (Å²) >= 11 is 0. The Morgan fingerprint density at radius 1 is 1.07 bits per heavy atom. The lowest BCUT2D eigenvalue weighted by Gasteiger charge is -2.11. The molecule has 0 saturated heterocycles. The highest BCUT2D eigenvalue weighted by molar-refractivity contribution is 6.05. The summed E-state index contributed by atoms with van der Waals surface area (Å²) in [5.74, 6) is 0.148. The highest BCUT2D eigenvalue weighted by atomic mass is 16.2. The Bertz CT molecular complexity index is 1080. The van der Waals surface area contributed by atoms with E-state index in [1.165, 1.54) is 4.68 Å². The summed E-state index contributed by atoms with van der Waals surface area (Å²) in [7, 11) is 0. The lowest BCUT2D eigenvalue weighted by Crippen LogP contribution is -2.29. The molecule has 3 aromatic rings. The van der Waals surface area contributed by atoms with Crippen molar-refractivity contribution < 1.29 is 4.79 Å². The van der Waals surface area contributed by atoms with Crippen molar-refractivity contribution in [1.29, 1.82) is 0 Å². The van der Waals surface area contributed by atoms with Gasteiger partial charge in [-0.2, -0.15) is 10.2 Å². The molecule has 0 spiro atoms. The number of carbonyl (C=O) groups is 1. The number of hydrazone groups is 1. The molecule has 3 rings (SSSR count). The maximum atomic E-state index is 12.9. The van der Waals surface area contributed by atoms with Gasteiger partial charge in [0.05, 0.1) is 11.9 Å². The van der Waals surface area contributed by atoms with E-state index in [1.54, 1.807) is 24.3 Å². The third kappa shape index (κ3) is 5.16. The van der Waals surface area contributed by atoms with E-state index in [9.17, 15) is 9.59 Å². The van der Waals surface area contributed by atoms with Gasteiger partial charge in [0.2, 0.25) is 0 Å². The first-order valence-electron chi connectivity index (χ1n) is 9.83. The van der Waals surface area contributed by atoms with Gasteiger partial charge in [0.25, 0.3) is 11.5 Å². The van der Waals surface area contributed by atoms with Crippen LogP contribution in [0, 0.1) is 5.92 Å². The van der Waals surface area contributed by atoms with Gasteiger partial charge in [-0.15, -0.1) is 0 Å². The Balaban J connectivity index is 1.94. The number of aromatic nitrogens is 2. The van der Waals surface area contributed by atoms with Gasteiger partial charge in [0.15, 0.2) is 5.69 Å². The molecule has 0 unspecified atom stereocenters. The maximum absolute atomic E-state index is 12.9. The van der Waals surface area contributed by atoms with Gasteiger partial charge in [-0.3, -0.25) is 9.59 Å². The van der Waals surface area contributed by atoms with Crippen LogP contribution in [0.2, 0.25) is 0 Å². The van der Waals surface area contributed by atoms with Crippen LogP contribution in [0.4, 0.5) is 0 Å². The number of nitrogens with zero attached hydrogens (tertiary/aromatic N) is 3. The molecule has 0 aliphatic rings. The smallest absolute Gasteiger partial charge is 0.267 e. The summed E-state index contributed by atoms with van der Waals surface area (Å²) in [5, 5.41) is 9.56. The molecule has 1 amide bonds. The second-order valence-corrected chi connectivity index (χ2v) is 7.56. The third-order valence-corrected chi connectivity index (χ3v) is 4.69. The quantitative estimate of drug-likeness (QED) is 0.490. The number of rotatable bonds is 7. The zero-order chi connectivity index (χ0) is 20.8. The average molecular weight is 390 g/mol. The van der Waals surface area contributed by atoms with E-state index in [4.69, 9.17) is 0 Å². The molecule has 0 fully saturated rings. The summed E-state index contributed by atoms with van der Waals surface area (Å²) in [5.41, 5.74) is 4.36. The zero-order valence-electron chi connectivity index (χ0n) is 17.1. The van der Waals surface area contributed by atoms with E-state index in [-0.39, 0.29) is 11.3 Å². The average Bonchev–Trinajstić information content (AvgIpc) is 2.73. The Hall–Kier alpha value is -3.28. The van der Waals surface area contributed by atoms with Crippen LogP contribution in [-0.2, 0) is 6.54 Å². The van der Waals surface area contributed by atoms with E-state index >= 15 is 0 Å². The largest absolute Gasteiger partial charge is 0.292 e. The van der Waals surface area contributed by atoms with Crippen molar-refractivity contribution in [3.05, 3.63) is 76.2 Å². The van der Waals surface area contributed by atoms with Crippen molar-refractivity contribution in [3.8, 4) is 0 Å². The summed E-state index contributed by atoms with van der Waals surface area (Å²) in [6.45, 7) is 6.49. The fourth-order valence-electron chi connectivity index (χ4n) is 3.02. The molecule has 1 N–H and O–H groups in total. The molecule has 1 aromatic heterocycles. The second-order valence-electron chi connectivity index (χ2n) is 7.56. The van der Waals surface area contributed by atoms with Gasteiger partial charge < -0.3 is 0 Å². The minimum atomic E-state index is -0.424. The Morgan fingerprint density at radius 2 is 1.72 bits per heavy atom. The van der Waals surface area contributed by atoms with Crippen molar-refractivity contribution in [3.63, 3.8) is 0 Å². The van der Waals surface area contributed by atoms with E-state index in [0.29, 0.717) is 23.2 Å². The lowest BCUT2D eigenvalue weighted by atomic mass is 10.1. The number of carbonyl (C=O) groups excluding carboxylic acids is 1. The van der Waals surface area contributed by atoms with Crippen LogP contribution in [0.25, 0.3) is 10.8 Å². The molecule has 1 heterocycles. The Morgan fingerprint density at radius 3 is 2.41 bits per heavy atom. The third-order valence-electron chi connectivity index (χ3n) is 4.69. The van der Waals surface area contributed by atoms with Crippen LogP contribution in [0.5, 0.6) is 0 Å². The molecular formula is C23H26N4O2. The molecule has 0 saturated carbocycles. The molecule has 6 nitrogen and oxygen atoms in total. The predicted molar refractivity (Wildman–Crippen MR) is 116 cm³/mol. The molecule has 150 valence electrons. The van der Waals surface area contributed by atoms with Gasteiger partial charge >= 0.3 is 0 Å². The Labute approximate surface area is 170 Å². The van der Waals surface area contributed by atoms with Crippen molar-refractivity contribution in [2.45, 2.75) is 40.2 Å². The SMILES string of the molecule is C/C(CCC(C)C)=N/NC(=O)c1nn(Cc2ccccc2)c(=O)c2ccccc12. The maximum Gasteiger partial charge on any atom is 0.292 e. The summed E-state index contributed by atoms with van der Waals surface area (Å²) < 4.78 is 1.34. The Kier molecular flexibility index (Phi) is 6.54. The zero-order valence-corrected chi connectivity index (χ0v) is 17.1. The molecule has 0 bridgehead atoms. The van der Waals surface area contributed by atoms with Crippen LogP contribution in [-0.4, -0.2) is 21.4 Å². The van der Waals surface area contributed by atoms with Crippen LogP contribution in [0.3, 0.4) is 0 Å². The van der Waals surface area contributed by atoms with Crippen molar-refractivity contribution in [1.82, 2.24) is 15.2 Å². The van der Waals surface area contributed by atoms with Crippen molar-refractivity contribution >= 4 is 22.4 Å². The standard InChI is InChI=1S/C23H26N4O2/c1-16(2)13-14-17(3)24-25-22(28)21-19-11-7-8-12-20(19)23(29)27(26-21)15-18-9-5-4-6-10-18/h4-12,16H,13-15H2,1-3H3,(H,25,28)/b24-17-. The van der Waals surface area contributed by atoms with E-state index < -0.39 is 5.91 Å². The number of amides is 1. The summed E-state index contributed by atoms with van der Waals surface area (Å²) in [4.78, 5) is 25.7. The minimum absolute atomic E-state index is 0.191. The number of benzene rings is 2. The van der Waals surface area contributed by atoms with Gasteiger partial charge in [0, 0.05) is 11.1 Å². The summed E-state index contributed by atoms with van der Waals surface area (Å²) in [6, 6.07) is 16.6. The fourth-order valence-corrected chi connectivity index (χ4v) is 3.02. The van der Waals surface area contributed by atoms with Gasteiger partial charge in [-0.05, 0) is 37.3 Å². The van der Waals surface area contributed by atoms with E-state index in [2.05, 4.69) is 29.5 Å². The first kappa shape index (κ1) is 20.5. The van der Waals surface area contributed by atoms with Crippen LogP contribution >= 0.6 is 0 Å². The lowest BCUT2D eigenvalue weighted by molar-refractivity contribution is 0.0949. The minimum Gasteiger partial charge on any atom is -0.267 e. The molecule has 0 aliphatic carbocycles. The molecule has 0 atom stereocenters. The van der Waals surface area contributed by atoms with Crippen LogP contribution < -0.4 is 11.0 Å². The molecular weight excluding hydrogens is 364 g/mol. The molecule has 29 heavy (non-hydrogen) atoms. The highest BCUT2D eigenvalue weighted by Gasteiger charge is 2.16. The van der Waals surface area contributed by atoms with Crippen molar-refractivity contribution in [2.75, 3.05) is 0 Å². The molecule has 2 aromatic carbocycles. The highest BCUT2D eigenvalue weighted by Crippen LogP contribution is 2.14.